The van der Waals surface area contributed by atoms with Crippen LogP contribution >= 0.6 is 0 Å². The lowest BCUT2D eigenvalue weighted by molar-refractivity contribution is 0.115. The van der Waals surface area contributed by atoms with E-state index in [1.165, 1.54) is 0 Å². The standard InChI is InChI=1S/C13H20N4O/c1-2-17(9-10-5-4-8-18-10)12-7-3-6-11(16-12)13(14)15/h3,6-7,10H,2,4-5,8-9H2,1H3,(H3,14,15). The molecule has 0 radical (unpaired) electrons. The number of hydrogen-bond acceptors (Lipinski definition) is 4. The number of nitrogens with one attached hydrogen (secondary N) is 1. The van der Waals surface area contributed by atoms with Crippen LogP contribution in [0, 0.1) is 5.41 Å². The van der Waals surface area contributed by atoms with E-state index < -0.39 is 0 Å². The zero-order valence-corrected chi connectivity index (χ0v) is 10.7. The zero-order valence-electron chi connectivity index (χ0n) is 10.7. The molecular formula is C13H20N4O. The smallest absolute Gasteiger partial charge is 0.141 e. The van der Waals surface area contributed by atoms with Crippen LogP contribution in [-0.2, 0) is 4.74 Å². The molecule has 18 heavy (non-hydrogen) atoms. The zero-order chi connectivity index (χ0) is 13.0. The van der Waals surface area contributed by atoms with Crippen LogP contribution in [0.4, 0.5) is 5.82 Å². The molecule has 3 N–H and O–H groups in total. The van der Waals surface area contributed by atoms with Gasteiger partial charge in [-0.2, -0.15) is 0 Å². The van der Waals surface area contributed by atoms with Crippen molar-refractivity contribution in [2.75, 3.05) is 24.6 Å². The summed E-state index contributed by atoms with van der Waals surface area (Å²) in [7, 11) is 0. The second-order valence-electron chi connectivity index (χ2n) is 4.47. The Morgan fingerprint density at radius 3 is 3.06 bits per heavy atom. The van der Waals surface area contributed by atoms with Crippen LogP contribution in [0.5, 0.6) is 0 Å². The third-order valence-corrected chi connectivity index (χ3v) is 3.16. The van der Waals surface area contributed by atoms with Gasteiger partial charge in [0.05, 0.1) is 6.10 Å². The minimum atomic E-state index is 0.00465. The highest BCUT2D eigenvalue weighted by atomic mass is 16.5. The second-order valence-corrected chi connectivity index (χ2v) is 4.47. The lowest BCUT2D eigenvalue weighted by Crippen LogP contribution is -2.33. The maximum atomic E-state index is 7.43. The molecule has 5 nitrogen and oxygen atoms in total. The Morgan fingerprint density at radius 1 is 1.61 bits per heavy atom. The van der Waals surface area contributed by atoms with Gasteiger partial charge < -0.3 is 15.4 Å². The fourth-order valence-electron chi connectivity index (χ4n) is 2.17. The first-order valence-electron chi connectivity index (χ1n) is 6.38. The second kappa shape index (κ2) is 5.82. The normalized spacial score (nSPS) is 18.8. The molecule has 0 amide bonds. The van der Waals surface area contributed by atoms with E-state index in [1.54, 1.807) is 6.07 Å². The highest BCUT2D eigenvalue weighted by Crippen LogP contribution is 2.17. The van der Waals surface area contributed by atoms with Crippen molar-refractivity contribution in [3.8, 4) is 0 Å². The molecule has 1 fully saturated rings. The van der Waals surface area contributed by atoms with Gasteiger partial charge in [0.2, 0.25) is 0 Å². The number of pyridine rings is 1. The molecule has 2 rings (SSSR count). The molecule has 2 heterocycles. The SMILES string of the molecule is CCN(CC1CCCO1)c1cccc(C(=N)N)n1. The summed E-state index contributed by atoms with van der Waals surface area (Å²) >= 11 is 0. The Bertz CT molecular complexity index is 415. The molecule has 0 aromatic carbocycles. The summed E-state index contributed by atoms with van der Waals surface area (Å²) in [6.45, 7) is 4.68. The summed E-state index contributed by atoms with van der Waals surface area (Å²) < 4.78 is 5.65. The molecule has 1 aromatic heterocycles. The lowest BCUT2D eigenvalue weighted by Gasteiger charge is -2.25. The van der Waals surface area contributed by atoms with Gasteiger partial charge in [-0.3, -0.25) is 5.41 Å². The number of aromatic nitrogens is 1. The van der Waals surface area contributed by atoms with Gasteiger partial charge in [-0.1, -0.05) is 6.07 Å². The fourth-order valence-corrected chi connectivity index (χ4v) is 2.17. The van der Waals surface area contributed by atoms with Gasteiger partial charge in [-0.25, -0.2) is 4.98 Å². The number of ether oxygens (including phenoxy) is 1. The van der Waals surface area contributed by atoms with Crippen LogP contribution in [0.3, 0.4) is 0 Å². The first kappa shape index (κ1) is 12.8. The summed E-state index contributed by atoms with van der Waals surface area (Å²) in [6, 6.07) is 5.59. The number of nitrogens with zero attached hydrogens (tertiary/aromatic N) is 2. The van der Waals surface area contributed by atoms with Gasteiger partial charge in [0.15, 0.2) is 0 Å². The highest BCUT2D eigenvalue weighted by molar-refractivity contribution is 5.93. The molecule has 0 bridgehead atoms. The summed E-state index contributed by atoms with van der Waals surface area (Å²) in [5, 5.41) is 7.43. The van der Waals surface area contributed by atoms with Crippen molar-refractivity contribution in [1.29, 1.82) is 5.41 Å². The van der Waals surface area contributed by atoms with Crippen molar-refractivity contribution in [3.63, 3.8) is 0 Å². The minimum absolute atomic E-state index is 0.00465. The molecule has 0 aliphatic carbocycles. The van der Waals surface area contributed by atoms with E-state index in [0.717, 1.165) is 38.4 Å². The third kappa shape index (κ3) is 2.98. The number of likely N-dealkylation sites (N-methyl/N-ethyl adjacent to an activating group) is 1. The Labute approximate surface area is 107 Å². The maximum absolute atomic E-state index is 7.43. The van der Waals surface area contributed by atoms with Gasteiger partial charge in [0.25, 0.3) is 0 Å². The van der Waals surface area contributed by atoms with E-state index in [1.807, 2.05) is 12.1 Å². The molecule has 0 saturated carbocycles. The van der Waals surface area contributed by atoms with Crippen LogP contribution in [0.15, 0.2) is 18.2 Å². The fraction of sp³-hybridized carbons (Fsp3) is 0.538. The number of rotatable bonds is 5. The van der Waals surface area contributed by atoms with Crippen molar-refractivity contribution < 1.29 is 4.74 Å². The summed E-state index contributed by atoms with van der Waals surface area (Å²) in [5.74, 6) is 0.866. The van der Waals surface area contributed by atoms with Crippen LogP contribution < -0.4 is 10.6 Å². The number of hydrogen-bond donors (Lipinski definition) is 2. The van der Waals surface area contributed by atoms with Crippen molar-refractivity contribution >= 4 is 11.7 Å². The monoisotopic (exact) mass is 248 g/mol. The van der Waals surface area contributed by atoms with E-state index in [-0.39, 0.29) is 5.84 Å². The number of nitrogens with two attached hydrogens (primary N) is 1. The number of nitrogen functional groups attached to an aromatic ring is 1. The molecule has 1 aliphatic heterocycles. The molecular weight excluding hydrogens is 228 g/mol. The van der Waals surface area contributed by atoms with Gasteiger partial charge in [-0.15, -0.1) is 0 Å². The topological polar surface area (TPSA) is 75.2 Å². The van der Waals surface area contributed by atoms with Crippen LogP contribution in [0.1, 0.15) is 25.5 Å². The predicted octanol–water partition coefficient (Wildman–Crippen LogP) is 1.37. The molecule has 5 heteroatoms. The van der Waals surface area contributed by atoms with Crippen molar-refractivity contribution in [2.24, 2.45) is 5.73 Å². The first-order chi connectivity index (χ1) is 8.70. The number of amidine groups is 1. The van der Waals surface area contributed by atoms with Gasteiger partial charge in [0.1, 0.15) is 17.3 Å². The molecule has 1 unspecified atom stereocenters. The molecule has 1 aliphatic rings. The Balaban J connectivity index is 2.10. The van der Waals surface area contributed by atoms with Crippen molar-refractivity contribution in [3.05, 3.63) is 23.9 Å². The van der Waals surface area contributed by atoms with E-state index in [9.17, 15) is 0 Å². The van der Waals surface area contributed by atoms with E-state index in [2.05, 4.69) is 16.8 Å². The summed E-state index contributed by atoms with van der Waals surface area (Å²) in [4.78, 5) is 6.58. The average Bonchev–Trinajstić information content (AvgIpc) is 2.89. The largest absolute Gasteiger partial charge is 0.382 e. The van der Waals surface area contributed by atoms with Crippen LogP contribution in [0.2, 0.25) is 0 Å². The minimum Gasteiger partial charge on any atom is -0.382 e. The van der Waals surface area contributed by atoms with Gasteiger partial charge >= 0.3 is 0 Å². The average molecular weight is 248 g/mol. The summed E-state index contributed by atoms with van der Waals surface area (Å²) in [5.41, 5.74) is 5.99. The van der Waals surface area contributed by atoms with Crippen LogP contribution in [0.25, 0.3) is 0 Å². The van der Waals surface area contributed by atoms with E-state index in [0.29, 0.717) is 11.8 Å². The molecule has 1 saturated heterocycles. The highest BCUT2D eigenvalue weighted by Gasteiger charge is 2.19. The molecule has 1 atom stereocenters. The van der Waals surface area contributed by atoms with E-state index >= 15 is 0 Å². The first-order valence-corrected chi connectivity index (χ1v) is 6.38. The van der Waals surface area contributed by atoms with Gasteiger partial charge in [0, 0.05) is 19.7 Å². The summed E-state index contributed by atoms with van der Waals surface area (Å²) in [6.07, 6.45) is 2.55. The molecule has 0 spiro atoms. The van der Waals surface area contributed by atoms with Crippen molar-refractivity contribution in [1.82, 2.24) is 4.98 Å². The predicted molar refractivity (Wildman–Crippen MR) is 72.1 cm³/mol. The lowest BCUT2D eigenvalue weighted by atomic mass is 10.2. The Kier molecular flexibility index (Phi) is 4.15. The number of anilines is 1. The van der Waals surface area contributed by atoms with E-state index in [4.69, 9.17) is 15.9 Å². The molecule has 98 valence electrons. The maximum Gasteiger partial charge on any atom is 0.141 e. The third-order valence-electron chi connectivity index (χ3n) is 3.16. The van der Waals surface area contributed by atoms with Gasteiger partial charge in [-0.05, 0) is 31.9 Å². The van der Waals surface area contributed by atoms with Crippen LogP contribution in [-0.4, -0.2) is 36.6 Å². The van der Waals surface area contributed by atoms with Crippen molar-refractivity contribution in [2.45, 2.75) is 25.9 Å². The Hall–Kier alpha value is -1.62. The molecule has 1 aromatic rings. The quantitative estimate of drug-likeness (QED) is 0.609. The Morgan fingerprint density at radius 2 is 2.44 bits per heavy atom.